The maximum absolute atomic E-state index is 13.3. The monoisotopic (exact) mass is 578 g/mol. The van der Waals surface area contributed by atoms with E-state index in [1.54, 1.807) is 19.2 Å². The van der Waals surface area contributed by atoms with Gasteiger partial charge >= 0.3 is 5.97 Å². The van der Waals surface area contributed by atoms with Gasteiger partial charge in [-0.15, -0.1) is 0 Å². The van der Waals surface area contributed by atoms with E-state index in [4.69, 9.17) is 0 Å². The van der Waals surface area contributed by atoms with Crippen LogP contribution in [0.1, 0.15) is 78.2 Å². The first-order chi connectivity index (χ1) is 19.3. The molecule has 1 rings (SSSR count). The lowest BCUT2D eigenvalue weighted by atomic mass is 9.99. The van der Waals surface area contributed by atoms with E-state index in [-0.39, 0.29) is 24.5 Å². The van der Waals surface area contributed by atoms with Crippen LogP contribution < -0.4 is 16.0 Å². The molecular weight excluding hydrogens is 528 g/mol. The fourth-order valence-electron chi connectivity index (χ4n) is 4.65. The molecule has 1 aromatic carbocycles. The van der Waals surface area contributed by atoms with Gasteiger partial charge in [-0.3, -0.25) is 14.4 Å². The number of hydrogen-bond donors (Lipinski definition) is 6. The Morgan fingerprint density at radius 2 is 1.54 bits per heavy atom. The Labute approximate surface area is 244 Å². The summed E-state index contributed by atoms with van der Waals surface area (Å²) in [7, 11) is 3.12. The van der Waals surface area contributed by atoms with Gasteiger partial charge in [0.1, 0.15) is 30.0 Å². The van der Waals surface area contributed by atoms with E-state index in [0.29, 0.717) is 12.0 Å². The normalized spacial score (nSPS) is 14.9. The van der Waals surface area contributed by atoms with Crippen LogP contribution in [0.15, 0.2) is 24.3 Å². The predicted molar refractivity (Wildman–Crippen MR) is 157 cm³/mol. The summed E-state index contributed by atoms with van der Waals surface area (Å²) in [4.78, 5) is 52.5. The van der Waals surface area contributed by atoms with Gasteiger partial charge in [0, 0.05) is 19.5 Å². The molecule has 0 saturated carbocycles. The summed E-state index contributed by atoms with van der Waals surface area (Å²) >= 11 is 0. The third-order valence-corrected chi connectivity index (χ3v) is 7.17. The van der Waals surface area contributed by atoms with Crippen LogP contribution in [0.3, 0.4) is 0 Å². The number of rotatable bonds is 19. The fraction of sp³-hybridized carbons (Fsp3) is 0.667. The highest BCUT2D eigenvalue weighted by molar-refractivity contribution is 5.93. The van der Waals surface area contributed by atoms with Gasteiger partial charge in [-0.2, -0.15) is 0 Å². The molecule has 5 atom stereocenters. The molecule has 0 aliphatic heterocycles. The molecule has 232 valence electrons. The Bertz CT molecular complexity index is 970. The largest absolute Gasteiger partial charge is 0.508 e. The predicted octanol–water partition coefficient (Wildman–Crippen LogP) is 2.19. The molecule has 0 unspecified atom stereocenters. The lowest BCUT2D eigenvalue weighted by molar-refractivity contribution is -0.146. The maximum atomic E-state index is 13.3. The van der Waals surface area contributed by atoms with Crippen LogP contribution in [0.5, 0.6) is 5.75 Å². The molecule has 0 spiro atoms. The van der Waals surface area contributed by atoms with E-state index in [2.05, 4.69) is 22.9 Å². The van der Waals surface area contributed by atoms with E-state index >= 15 is 0 Å². The maximum Gasteiger partial charge on any atom is 0.326 e. The first-order valence-electron chi connectivity index (χ1n) is 14.6. The van der Waals surface area contributed by atoms with Crippen molar-refractivity contribution in [1.82, 2.24) is 20.9 Å². The fourth-order valence-corrected chi connectivity index (χ4v) is 4.65. The highest BCUT2D eigenvalue weighted by atomic mass is 16.4. The van der Waals surface area contributed by atoms with Crippen LogP contribution in [0.25, 0.3) is 0 Å². The second kappa shape index (κ2) is 18.3. The average molecular weight is 579 g/mol. The van der Waals surface area contributed by atoms with Crippen LogP contribution in [0, 0.1) is 5.92 Å². The van der Waals surface area contributed by atoms with Crippen LogP contribution in [0.4, 0.5) is 0 Å². The highest BCUT2D eigenvalue weighted by Crippen LogP contribution is 2.15. The van der Waals surface area contributed by atoms with Crippen molar-refractivity contribution < 1.29 is 34.5 Å². The second-order valence-electron chi connectivity index (χ2n) is 11.1. The summed E-state index contributed by atoms with van der Waals surface area (Å²) < 4.78 is 0. The quantitative estimate of drug-likeness (QED) is 0.136. The Morgan fingerprint density at radius 3 is 2.07 bits per heavy atom. The number of nitrogens with one attached hydrogen (secondary N) is 3. The number of carbonyl (C=O) groups is 4. The first kappa shape index (κ1) is 35.8. The zero-order valence-electron chi connectivity index (χ0n) is 25.4. The smallest absolute Gasteiger partial charge is 0.326 e. The number of aromatic hydroxyl groups is 1. The van der Waals surface area contributed by atoms with Crippen LogP contribution in [-0.2, 0) is 25.6 Å². The Balaban J connectivity index is 2.88. The summed E-state index contributed by atoms with van der Waals surface area (Å²) in [6, 6.07) is 2.29. The Hall–Kier alpha value is -3.18. The Kier molecular flexibility index (Phi) is 16.0. The summed E-state index contributed by atoms with van der Waals surface area (Å²) in [5.74, 6) is -3.05. The summed E-state index contributed by atoms with van der Waals surface area (Å²) in [6.07, 6.45) is 4.76. The van der Waals surface area contributed by atoms with Crippen molar-refractivity contribution in [2.75, 3.05) is 14.1 Å². The lowest BCUT2D eigenvalue weighted by Crippen LogP contribution is -2.57. The number of phenols is 1. The SMILES string of the molecule is CCCCCCC[C@@H](NC)[C@H](O)C(=O)N[C@@H](C)C(=O)N(C)[C@H](CC(C)C)C(=O)N[C@H](Cc1ccc(O)cc1)C(=O)O. The minimum atomic E-state index is -1.35. The third-order valence-electron chi connectivity index (χ3n) is 7.17. The summed E-state index contributed by atoms with van der Waals surface area (Å²) in [6.45, 7) is 7.38. The number of aliphatic carboxylic acids is 1. The lowest BCUT2D eigenvalue weighted by Gasteiger charge is -2.32. The molecule has 6 N–H and O–H groups in total. The number of phenolic OH excluding ortho intramolecular Hbond substituents is 1. The zero-order valence-corrected chi connectivity index (χ0v) is 25.4. The number of unbranched alkanes of at least 4 members (excludes halogenated alkanes) is 4. The van der Waals surface area contributed by atoms with Gasteiger partial charge in [0.05, 0.1) is 0 Å². The number of hydrogen-bond acceptors (Lipinski definition) is 7. The number of carboxylic acid groups (broad SMARTS) is 1. The number of aliphatic hydroxyl groups is 1. The molecule has 0 aromatic heterocycles. The molecule has 0 fully saturated rings. The van der Waals surface area contributed by atoms with Crippen molar-refractivity contribution in [3.63, 3.8) is 0 Å². The van der Waals surface area contributed by atoms with Crippen molar-refractivity contribution in [2.45, 2.75) is 109 Å². The molecule has 1 aromatic rings. The van der Waals surface area contributed by atoms with Gasteiger partial charge in [-0.25, -0.2) is 4.79 Å². The number of amides is 3. The van der Waals surface area contributed by atoms with Gasteiger partial charge in [0.15, 0.2) is 0 Å². The molecule has 0 heterocycles. The molecule has 11 nitrogen and oxygen atoms in total. The molecule has 0 bridgehead atoms. The topological polar surface area (TPSA) is 168 Å². The zero-order chi connectivity index (χ0) is 31.1. The molecular formula is C30H50N4O7. The van der Waals surface area contributed by atoms with Crippen molar-refractivity contribution in [2.24, 2.45) is 5.92 Å². The van der Waals surface area contributed by atoms with Gasteiger partial charge in [-0.1, -0.05) is 65.0 Å². The Morgan fingerprint density at radius 1 is 0.927 bits per heavy atom. The third kappa shape index (κ3) is 12.5. The number of carbonyl (C=O) groups excluding carboxylic acids is 3. The van der Waals surface area contributed by atoms with Gasteiger partial charge < -0.3 is 36.2 Å². The van der Waals surface area contributed by atoms with E-state index < -0.39 is 54.0 Å². The van der Waals surface area contributed by atoms with E-state index in [0.717, 1.165) is 32.1 Å². The van der Waals surface area contributed by atoms with E-state index in [1.165, 1.54) is 31.0 Å². The van der Waals surface area contributed by atoms with Gasteiger partial charge in [-0.05, 0) is 50.4 Å². The first-order valence-corrected chi connectivity index (χ1v) is 14.6. The standard InChI is InChI=1S/C30H50N4O7/c1-7-8-9-10-11-12-23(31-5)26(36)28(38)32-20(4)29(39)34(6)25(17-19(2)3)27(37)33-24(30(40)41)18-21-13-15-22(35)16-14-21/h13-16,19-20,23-26,31,35-36H,7-12,17-18H2,1-6H3,(H,32,38)(H,33,37)(H,40,41)/t20-,23+,24+,25+,26-/m0/s1. The highest BCUT2D eigenvalue weighted by Gasteiger charge is 2.34. The number of nitrogens with zero attached hydrogens (tertiary/aromatic N) is 1. The van der Waals surface area contributed by atoms with E-state index in [1.807, 2.05) is 13.8 Å². The van der Waals surface area contributed by atoms with Crippen molar-refractivity contribution in [1.29, 1.82) is 0 Å². The molecule has 0 aliphatic carbocycles. The van der Waals surface area contributed by atoms with Crippen molar-refractivity contribution in [3.8, 4) is 5.75 Å². The number of benzene rings is 1. The summed E-state index contributed by atoms with van der Waals surface area (Å²) in [5.41, 5.74) is 0.607. The number of carboxylic acids is 1. The van der Waals surface area contributed by atoms with Gasteiger partial charge in [0.25, 0.3) is 5.91 Å². The van der Waals surface area contributed by atoms with Crippen molar-refractivity contribution >= 4 is 23.7 Å². The van der Waals surface area contributed by atoms with E-state index in [9.17, 15) is 34.5 Å². The molecule has 41 heavy (non-hydrogen) atoms. The molecule has 0 saturated heterocycles. The minimum absolute atomic E-state index is 0.00168. The average Bonchev–Trinajstić information content (AvgIpc) is 2.92. The number of likely N-dealkylation sites (N-methyl/N-ethyl adjacent to an activating group) is 2. The van der Waals surface area contributed by atoms with Gasteiger partial charge in [0.2, 0.25) is 11.8 Å². The summed E-state index contributed by atoms with van der Waals surface area (Å²) in [5, 5.41) is 37.9. The number of aliphatic hydroxyl groups excluding tert-OH is 1. The van der Waals surface area contributed by atoms with Crippen LogP contribution >= 0.6 is 0 Å². The van der Waals surface area contributed by atoms with Crippen LogP contribution in [0.2, 0.25) is 0 Å². The minimum Gasteiger partial charge on any atom is -0.508 e. The molecule has 3 amide bonds. The van der Waals surface area contributed by atoms with Crippen molar-refractivity contribution in [3.05, 3.63) is 29.8 Å². The molecule has 0 aliphatic rings. The molecule has 0 radical (unpaired) electrons. The molecule has 11 heteroatoms. The van der Waals surface area contributed by atoms with Crippen LogP contribution in [-0.4, -0.2) is 88.3 Å². The second-order valence-corrected chi connectivity index (χ2v) is 11.1.